The van der Waals surface area contributed by atoms with Gasteiger partial charge in [-0.15, -0.1) is 0 Å². The lowest BCUT2D eigenvalue weighted by atomic mass is 10.3. The molecule has 0 aliphatic carbocycles. The summed E-state index contributed by atoms with van der Waals surface area (Å²) in [6.07, 6.45) is 4.01. The Morgan fingerprint density at radius 3 is 2.36 bits per heavy atom. The molecule has 0 N–H and O–H groups in total. The molecule has 1 aromatic heterocycles. The van der Waals surface area contributed by atoms with Gasteiger partial charge in [-0.25, -0.2) is 4.98 Å². The molecule has 3 heteroatoms. The van der Waals surface area contributed by atoms with E-state index >= 15 is 0 Å². The maximum atomic E-state index is 4.29. The molecule has 0 aromatic carbocycles. The van der Waals surface area contributed by atoms with E-state index in [4.69, 9.17) is 0 Å². The molecule has 0 saturated carbocycles. The molecule has 0 unspecified atom stereocenters. The fraction of sp³-hybridized carbons (Fsp3) is 0.625. The van der Waals surface area contributed by atoms with Gasteiger partial charge in [-0.3, -0.25) is 0 Å². The molecule has 0 aliphatic heterocycles. The molecule has 0 bridgehead atoms. The van der Waals surface area contributed by atoms with E-state index in [1.54, 1.807) is 0 Å². The van der Waals surface area contributed by atoms with Crippen LogP contribution < -0.4 is 0 Å². The first-order valence-corrected chi connectivity index (χ1v) is 5.03. The van der Waals surface area contributed by atoms with Crippen LogP contribution in [0.1, 0.15) is 36.4 Å². The predicted octanol–water partition coefficient (Wildman–Crippen LogP) is 2.96. The zero-order valence-corrected chi connectivity index (χ0v) is 9.24. The standard InChI is InChI=1S/C8H13IN2/c1-6(2)11-4-8(7(3)9)10-5-11/h4-7H,1-3H3/t7-/m1/s1. The molecule has 1 rings (SSSR count). The van der Waals surface area contributed by atoms with Crippen LogP contribution in [0.25, 0.3) is 0 Å². The third kappa shape index (κ3) is 2.18. The Labute approximate surface area is 81.2 Å². The van der Waals surface area contributed by atoms with E-state index in [2.05, 4.69) is 59.1 Å². The van der Waals surface area contributed by atoms with E-state index in [0.29, 0.717) is 9.97 Å². The minimum absolute atomic E-state index is 0.507. The van der Waals surface area contributed by atoms with Gasteiger partial charge >= 0.3 is 0 Å². The van der Waals surface area contributed by atoms with Crippen molar-refractivity contribution in [3.63, 3.8) is 0 Å². The van der Waals surface area contributed by atoms with Crippen LogP contribution in [-0.2, 0) is 0 Å². The molecule has 0 spiro atoms. The summed E-state index contributed by atoms with van der Waals surface area (Å²) >= 11 is 2.37. The van der Waals surface area contributed by atoms with Crippen molar-refractivity contribution in [1.82, 2.24) is 9.55 Å². The monoisotopic (exact) mass is 264 g/mol. The molecule has 2 nitrogen and oxygen atoms in total. The Morgan fingerprint density at radius 2 is 2.09 bits per heavy atom. The molecule has 1 atom stereocenters. The van der Waals surface area contributed by atoms with Gasteiger partial charge in [0.05, 0.1) is 15.9 Å². The van der Waals surface area contributed by atoms with Gasteiger partial charge in [-0.05, 0) is 20.8 Å². The lowest BCUT2D eigenvalue weighted by Gasteiger charge is -2.03. The summed E-state index contributed by atoms with van der Waals surface area (Å²) in [6, 6.07) is 0.520. The highest BCUT2D eigenvalue weighted by Crippen LogP contribution is 2.20. The SMILES string of the molecule is CC(C)n1cnc([C@@H](C)I)c1. The molecule has 1 aromatic rings. The second kappa shape index (κ2) is 3.56. The van der Waals surface area contributed by atoms with Crippen LogP contribution in [0.3, 0.4) is 0 Å². The van der Waals surface area contributed by atoms with Crippen LogP contribution in [0.15, 0.2) is 12.5 Å². The Kier molecular flexibility index (Phi) is 2.92. The number of halogens is 1. The molecule has 0 saturated heterocycles. The van der Waals surface area contributed by atoms with E-state index in [0.717, 1.165) is 0 Å². The number of aromatic nitrogens is 2. The topological polar surface area (TPSA) is 17.8 Å². The van der Waals surface area contributed by atoms with E-state index in [1.807, 2.05) is 6.33 Å². The van der Waals surface area contributed by atoms with Gasteiger partial charge in [0.2, 0.25) is 0 Å². The Hall–Kier alpha value is -0.0600. The van der Waals surface area contributed by atoms with Gasteiger partial charge in [0.25, 0.3) is 0 Å². The minimum atomic E-state index is 0.507. The molecular weight excluding hydrogens is 251 g/mol. The third-order valence-corrected chi connectivity index (χ3v) is 2.26. The number of alkyl halides is 1. The summed E-state index contributed by atoms with van der Waals surface area (Å²) in [5.41, 5.74) is 1.17. The average Bonchev–Trinajstić information content (AvgIpc) is 2.33. The smallest absolute Gasteiger partial charge is 0.0952 e. The van der Waals surface area contributed by atoms with Gasteiger partial charge in [0, 0.05) is 12.2 Å². The van der Waals surface area contributed by atoms with Crippen molar-refractivity contribution in [2.45, 2.75) is 30.7 Å². The first-order valence-electron chi connectivity index (χ1n) is 3.78. The van der Waals surface area contributed by atoms with E-state index < -0.39 is 0 Å². The summed E-state index contributed by atoms with van der Waals surface area (Å²) in [6.45, 7) is 6.46. The normalized spacial score (nSPS) is 13.9. The molecule has 62 valence electrons. The number of rotatable bonds is 2. The number of hydrogen-bond acceptors (Lipinski definition) is 1. The third-order valence-electron chi connectivity index (χ3n) is 1.63. The Bertz CT molecular complexity index is 205. The van der Waals surface area contributed by atoms with Gasteiger partial charge in [-0.1, -0.05) is 22.6 Å². The average molecular weight is 264 g/mol. The fourth-order valence-corrected chi connectivity index (χ4v) is 1.16. The van der Waals surface area contributed by atoms with Crippen molar-refractivity contribution >= 4 is 22.6 Å². The maximum absolute atomic E-state index is 4.29. The van der Waals surface area contributed by atoms with Crippen LogP contribution in [0.2, 0.25) is 0 Å². The van der Waals surface area contributed by atoms with Gasteiger partial charge in [0.1, 0.15) is 0 Å². The summed E-state index contributed by atoms with van der Waals surface area (Å²) in [5, 5.41) is 0. The summed E-state index contributed by atoms with van der Waals surface area (Å²) in [5.74, 6) is 0. The number of hydrogen-bond donors (Lipinski definition) is 0. The number of imidazole rings is 1. The maximum Gasteiger partial charge on any atom is 0.0952 e. The van der Waals surface area contributed by atoms with Gasteiger partial charge in [-0.2, -0.15) is 0 Å². The van der Waals surface area contributed by atoms with Gasteiger partial charge < -0.3 is 4.57 Å². The minimum Gasteiger partial charge on any atom is -0.335 e. The molecule has 0 radical (unpaired) electrons. The van der Waals surface area contributed by atoms with Crippen molar-refractivity contribution in [2.75, 3.05) is 0 Å². The molecule has 0 amide bonds. The van der Waals surface area contributed by atoms with Crippen molar-refractivity contribution in [3.05, 3.63) is 18.2 Å². The molecule has 0 fully saturated rings. The van der Waals surface area contributed by atoms with Crippen molar-refractivity contribution in [1.29, 1.82) is 0 Å². The van der Waals surface area contributed by atoms with E-state index in [1.165, 1.54) is 5.69 Å². The molecule has 11 heavy (non-hydrogen) atoms. The lowest BCUT2D eigenvalue weighted by molar-refractivity contribution is 0.599. The highest BCUT2D eigenvalue weighted by atomic mass is 127. The van der Waals surface area contributed by atoms with Crippen LogP contribution in [0.5, 0.6) is 0 Å². The first-order chi connectivity index (χ1) is 5.11. The highest BCUT2D eigenvalue weighted by Gasteiger charge is 2.05. The van der Waals surface area contributed by atoms with Crippen LogP contribution in [0.4, 0.5) is 0 Å². The largest absolute Gasteiger partial charge is 0.335 e. The van der Waals surface area contributed by atoms with Crippen LogP contribution in [0, 0.1) is 0 Å². The summed E-state index contributed by atoms with van der Waals surface area (Å²) in [7, 11) is 0. The van der Waals surface area contributed by atoms with Gasteiger partial charge in [0.15, 0.2) is 0 Å². The molecule has 0 aliphatic rings. The second-order valence-electron chi connectivity index (χ2n) is 2.96. The van der Waals surface area contributed by atoms with Crippen molar-refractivity contribution in [3.8, 4) is 0 Å². The van der Waals surface area contributed by atoms with Crippen molar-refractivity contribution in [2.24, 2.45) is 0 Å². The Morgan fingerprint density at radius 1 is 1.45 bits per heavy atom. The second-order valence-corrected chi connectivity index (χ2v) is 4.82. The first kappa shape index (κ1) is 9.03. The van der Waals surface area contributed by atoms with Crippen LogP contribution >= 0.6 is 22.6 Å². The zero-order chi connectivity index (χ0) is 8.43. The van der Waals surface area contributed by atoms with E-state index in [9.17, 15) is 0 Å². The van der Waals surface area contributed by atoms with E-state index in [-0.39, 0.29) is 0 Å². The molecular formula is C8H13IN2. The number of nitrogens with zero attached hydrogens (tertiary/aromatic N) is 2. The summed E-state index contributed by atoms with van der Waals surface area (Å²) in [4.78, 5) is 4.29. The Balaban J connectivity index is 2.82. The predicted molar refractivity (Wildman–Crippen MR) is 55.0 cm³/mol. The quantitative estimate of drug-likeness (QED) is 0.593. The fourth-order valence-electron chi connectivity index (χ4n) is 0.841. The molecule has 1 heterocycles. The zero-order valence-electron chi connectivity index (χ0n) is 7.08. The lowest BCUT2D eigenvalue weighted by Crippen LogP contribution is -1.95. The van der Waals surface area contributed by atoms with Crippen molar-refractivity contribution < 1.29 is 0 Å². The summed E-state index contributed by atoms with van der Waals surface area (Å²) < 4.78 is 2.64. The highest BCUT2D eigenvalue weighted by molar-refractivity contribution is 14.1. The van der Waals surface area contributed by atoms with Crippen LogP contribution in [-0.4, -0.2) is 9.55 Å².